The number of hydrogen-bond donors (Lipinski definition) is 0. The van der Waals surface area contributed by atoms with E-state index in [9.17, 15) is 17.6 Å². The SMILES string of the molecule is Fc1cc2nc(-c3cnnc(N4CCC(F)(F)C4)c3)n(C3CC3)c2cc1F. The zero-order valence-electron chi connectivity index (χ0n) is 14.2. The minimum atomic E-state index is -2.74. The van der Waals surface area contributed by atoms with Crippen molar-refractivity contribution in [1.82, 2.24) is 19.7 Å². The van der Waals surface area contributed by atoms with Gasteiger partial charge >= 0.3 is 0 Å². The Kier molecular flexibility index (Phi) is 3.44. The van der Waals surface area contributed by atoms with E-state index in [1.54, 1.807) is 6.07 Å². The molecule has 0 radical (unpaired) electrons. The van der Waals surface area contributed by atoms with E-state index in [0.717, 1.165) is 25.0 Å². The second kappa shape index (κ2) is 5.64. The van der Waals surface area contributed by atoms with E-state index in [2.05, 4.69) is 15.2 Å². The van der Waals surface area contributed by atoms with Crippen LogP contribution in [0.25, 0.3) is 22.4 Å². The molecule has 5 rings (SSSR count). The normalized spacial score (nSPS) is 19.2. The minimum absolute atomic E-state index is 0.155. The third-order valence-electron chi connectivity index (χ3n) is 5.04. The standard InChI is InChI=1S/C18H15F4N5/c19-12-6-14-15(7-13(12)20)27(11-1-2-11)17(24-14)10-5-16(25-23-8-10)26-4-3-18(21,22)9-26/h5-8,11H,1-4,9H2. The fourth-order valence-corrected chi connectivity index (χ4v) is 3.56. The molecule has 0 unspecified atom stereocenters. The molecule has 1 aromatic carbocycles. The van der Waals surface area contributed by atoms with Crippen molar-refractivity contribution >= 4 is 16.9 Å². The predicted molar refractivity (Wildman–Crippen MR) is 90.7 cm³/mol. The highest BCUT2D eigenvalue weighted by atomic mass is 19.3. The summed E-state index contributed by atoms with van der Waals surface area (Å²) in [6.45, 7) is -0.207. The molecule has 2 aliphatic rings. The van der Waals surface area contributed by atoms with Gasteiger partial charge in [-0.2, -0.15) is 5.10 Å². The molecule has 5 nitrogen and oxygen atoms in total. The molecule has 3 aromatic rings. The van der Waals surface area contributed by atoms with Crippen molar-refractivity contribution in [3.63, 3.8) is 0 Å². The number of hydrogen-bond acceptors (Lipinski definition) is 4. The summed E-state index contributed by atoms with van der Waals surface area (Å²) < 4.78 is 56.3. The Morgan fingerprint density at radius 2 is 1.85 bits per heavy atom. The molecule has 1 aliphatic carbocycles. The summed E-state index contributed by atoms with van der Waals surface area (Å²) in [4.78, 5) is 5.95. The van der Waals surface area contributed by atoms with E-state index in [-0.39, 0.29) is 19.0 Å². The second-order valence-corrected chi connectivity index (χ2v) is 7.12. The fraction of sp³-hybridized carbons (Fsp3) is 0.389. The Morgan fingerprint density at radius 1 is 1.07 bits per heavy atom. The molecule has 0 N–H and O–H groups in total. The van der Waals surface area contributed by atoms with Gasteiger partial charge in [0.1, 0.15) is 5.82 Å². The number of imidazole rings is 1. The highest BCUT2D eigenvalue weighted by Gasteiger charge is 2.39. The lowest BCUT2D eigenvalue weighted by molar-refractivity contribution is 0.0256. The van der Waals surface area contributed by atoms with Crippen molar-refractivity contribution in [3.8, 4) is 11.4 Å². The molecule has 2 aromatic heterocycles. The van der Waals surface area contributed by atoms with Crippen LogP contribution in [-0.2, 0) is 0 Å². The van der Waals surface area contributed by atoms with Gasteiger partial charge in [-0.3, -0.25) is 0 Å². The summed E-state index contributed by atoms with van der Waals surface area (Å²) in [6.07, 6.45) is 3.10. The maximum absolute atomic E-state index is 13.7. The van der Waals surface area contributed by atoms with Crippen molar-refractivity contribution in [2.45, 2.75) is 31.2 Å². The highest BCUT2D eigenvalue weighted by molar-refractivity contribution is 5.81. The summed E-state index contributed by atoms with van der Waals surface area (Å²) in [6, 6.07) is 4.03. The number of halogens is 4. The van der Waals surface area contributed by atoms with Gasteiger partial charge in [0.05, 0.1) is 23.8 Å². The molecule has 27 heavy (non-hydrogen) atoms. The lowest BCUT2D eigenvalue weighted by atomic mass is 10.2. The van der Waals surface area contributed by atoms with E-state index in [1.165, 1.54) is 11.1 Å². The number of fused-ring (bicyclic) bond motifs is 1. The van der Waals surface area contributed by atoms with Crippen LogP contribution in [0.4, 0.5) is 23.4 Å². The van der Waals surface area contributed by atoms with Crippen LogP contribution in [-0.4, -0.2) is 38.8 Å². The summed E-state index contributed by atoms with van der Waals surface area (Å²) in [5.74, 6) is -3.77. The second-order valence-electron chi connectivity index (χ2n) is 7.12. The lowest BCUT2D eigenvalue weighted by Crippen LogP contribution is -2.25. The molecule has 1 aliphatic heterocycles. The molecular formula is C18H15F4N5. The molecule has 1 saturated heterocycles. The number of benzene rings is 1. The van der Waals surface area contributed by atoms with Crippen LogP contribution in [0, 0.1) is 11.6 Å². The smallest absolute Gasteiger partial charge is 0.266 e. The van der Waals surface area contributed by atoms with Gasteiger partial charge in [0.15, 0.2) is 17.5 Å². The molecule has 0 bridgehead atoms. The van der Waals surface area contributed by atoms with Crippen LogP contribution in [0.3, 0.4) is 0 Å². The van der Waals surface area contributed by atoms with Crippen LogP contribution in [0.5, 0.6) is 0 Å². The summed E-state index contributed by atoms with van der Waals surface area (Å²) in [5, 5.41) is 7.91. The van der Waals surface area contributed by atoms with Crippen LogP contribution < -0.4 is 4.90 Å². The first-order valence-electron chi connectivity index (χ1n) is 8.74. The number of anilines is 1. The Hall–Kier alpha value is -2.71. The first kappa shape index (κ1) is 16.5. The molecule has 0 spiro atoms. The molecular weight excluding hydrogens is 362 g/mol. The van der Waals surface area contributed by atoms with Crippen molar-refractivity contribution in [1.29, 1.82) is 0 Å². The third kappa shape index (κ3) is 2.81. The van der Waals surface area contributed by atoms with E-state index in [0.29, 0.717) is 28.2 Å². The number of alkyl halides is 2. The maximum Gasteiger partial charge on any atom is 0.266 e. The van der Waals surface area contributed by atoms with E-state index >= 15 is 0 Å². The predicted octanol–water partition coefficient (Wildman–Crippen LogP) is 3.95. The van der Waals surface area contributed by atoms with Gasteiger partial charge in [-0.25, -0.2) is 22.5 Å². The third-order valence-corrected chi connectivity index (χ3v) is 5.04. The van der Waals surface area contributed by atoms with Crippen LogP contribution in [0.1, 0.15) is 25.3 Å². The van der Waals surface area contributed by atoms with Crippen molar-refractivity contribution < 1.29 is 17.6 Å². The van der Waals surface area contributed by atoms with Gasteiger partial charge in [-0.1, -0.05) is 0 Å². The molecule has 0 amide bonds. The van der Waals surface area contributed by atoms with Gasteiger partial charge in [0.25, 0.3) is 5.92 Å². The number of nitrogens with zero attached hydrogens (tertiary/aromatic N) is 5. The molecule has 0 atom stereocenters. The summed E-state index contributed by atoms with van der Waals surface area (Å²) in [5.41, 5.74) is 1.44. The topological polar surface area (TPSA) is 46.8 Å². The average molecular weight is 377 g/mol. The summed E-state index contributed by atoms with van der Waals surface area (Å²) >= 11 is 0. The molecule has 3 heterocycles. The zero-order valence-corrected chi connectivity index (χ0v) is 14.2. The zero-order chi connectivity index (χ0) is 18.8. The van der Waals surface area contributed by atoms with Gasteiger partial charge in [-0.15, -0.1) is 5.10 Å². The Morgan fingerprint density at radius 3 is 2.56 bits per heavy atom. The van der Waals surface area contributed by atoms with Crippen molar-refractivity contribution in [2.24, 2.45) is 0 Å². The van der Waals surface area contributed by atoms with Crippen molar-refractivity contribution in [2.75, 3.05) is 18.0 Å². The fourth-order valence-electron chi connectivity index (χ4n) is 3.56. The number of aromatic nitrogens is 4. The van der Waals surface area contributed by atoms with Crippen LogP contribution >= 0.6 is 0 Å². The Bertz CT molecular complexity index is 1040. The van der Waals surface area contributed by atoms with Crippen LogP contribution in [0.2, 0.25) is 0 Å². The Labute approximate surface area is 151 Å². The monoisotopic (exact) mass is 377 g/mol. The average Bonchev–Trinajstić information content (AvgIpc) is 3.31. The molecule has 140 valence electrons. The molecule has 1 saturated carbocycles. The van der Waals surface area contributed by atoms with E-state index in [1.807, 2.05) is 4.57 Å². The Balaban J connectivity index is 1.62. The lowest BCUT2D eigenvalue weighted by Gasteiger charge is -2.17. The van der Waals surface area contributed by atoms with Gasteiger partial charge in [-0.05, 0) is 18.9 Å². The molecule has 9 heteroatoms. The van der Waals surface area contributed by atoms with Gasteiger partial charge in [0, 0.05) is 36.7 Å². The van der Waals surface area contributed by atoms with Gasteiger partial charge < -0.3 is 9.47 Å². The highest BCUT2D eigenvalue weighted by Crippen LogP contribution is 2.42. The maximum atomic E-state index is 13.7. The van der Waals surface area contributed by atoms with Crippen LogP contribution in [0.15, 0.2) is 24.4 Å². The van der Waals surface area contributed by atoms with Crippen molar-refractivity contribution in [3.05, 3.63) is 36.0 Å². The molecule has 2 fully saturated rings. The van der Waals surface area contributed by atoms with Gasteiger partial charge in [0.2, 0.25) is 0 Å². The summed E-state index contributed by atoms with van der Waals surface area (Å²) in [7, 11) is 0. The first-order valence-corrected chi connectivity index (χ1v) is 8.74. The largest absolute Gasteiger partial charge is 0.349 e. The quantitative estimate of drug-likeness (QED) is 0.649. The first-order chi connectivity index (χ1) is 12.9. The number of rotatable bonds is 3. The van der Waals surface area contributed by atoms with E-state index in [4.69, 9.17) is 0 Å². The van der Waals surface area contributed by atoms with E-state index < -0.39 is 24.1 Å². The minimum Gasteiger partial charge on any atom is -0.349 e.